The van der Waals surface area contributed by atoms with Crippen LogP contribution in [-0.2, 0) is 4.79 Å². The predicted octanol–water partition coefficient (Wildman–Crippen LogP) is 1.89. The van der Waals surface area contributed by atoms with Gasteiger partial charge in [0.1, 0.15) is 0 Å². The maximum Gasteiger partial charge on any atom is 0.241 e. The van der Waals surface area contributed by atoms with Crippen LogP contribution in [0.5, 0.6) is 0 Å². The van der Waals surface area contributed by atoms with Crippen molar-refractivity contribution in [3.63, 3.8) is 0 Å². The molecule has 1 saturated heterocycles. The van der Waals surface area contributed by atoms with Gasteiger partial charge in [0.05, 0.1) is 17.4 Å². The van der Waals surface area contributed by atoms with E-state index in [1.54, 1.807) is 0 Å². The number of nitrogens with one attached hydrogen (secondary N) is 1. The lowest BCUT2D eigenvalue weighted by Gasteiger charge is -2.36. The van der Waals surface area contributed by atoms with Gasteiger partial charge in [-0.3, -0.25) is 4.79 Å². The van der Waals surface area contributed by atoms with Crippen molar-refractivity contribution < 1.29 is 4.79 Å². The Balaban J connectivity index is 2.05. The zero-order valence-electron chi connectivity index (χ0n) is 13.7. The van der Waals surface area contributed by atoms with E-state index >= 15 is 0 Å². The lowest BCUT2D eigenvalue weighted by Crippen LogP contribution is -2.46. The molecule has 1 fully saturated rings. The second-order valence-corrected chi connectivity index (χ2v) is 5.82. The summed E-state index contributed by atoms with van der Waals surface area (Å²) in [7, 11) is 0. The van der Waals surface area contributed by atoms with Gasteiger partial charge in [0, 0.05) is 26.2 Å². The Labute approximate surface area is 133 Å². The van der Waals surface area contributed by atoms with E-state index in [1.807, 2.05) is 25.1 Å². The van der Waals surface area contributed by atoms with Crippen LogP contribution in [0, 0.1) is 0 Å². The molecular weight excluding hydrogens is 276 g/mol. The van der Waals surface area contributed by atoms with E-state index in [4.69, 9.17) is 5.73 Å². The number of hydrogen-bond acceptors (Lipinski definition) is 4. The molecule has 2 rings (SSSR count). The number of amides is 1. The Morgan fingerprint density at radius 2 is 1.91 bits per heavy atom. The van der Waals surface area contributed by atoms with E-state index in [9.17, 15) is 4.79 Å². The third-order valence-electron chi connectivity index (χ3n) is 4.26. The topological polar surface area (TPSA) is 61.6 Å². The van der Waals surface area contributed by atoms with Crippen molar-refractivity contribution in [2.45, 2.75) is 32.7 Å². The van der Waals surface area contributed by atoms with Crippen LogP contribution in [0.25, 0.3) is 0 Å². The standard InChI is InChI=1S/C17H28N4O/c1-3-7-14(18)17(22)19-15-8-5-6-9-16(15)21-12-10-20(4-2)11-13-21/h5-6,8-9,14H,3-4,7,10-13,18H2,1-2H3,(H,19,22). The molecule has 0 aliphatic carbocycles. The van der Waals surface area contributed by atoms with Crippen LogP contribution in [0.3, 0.4) is 0 Å². The van der Waals surface area contributed by atoms with Crippen LogP contribution in [0.4, 0.5) is 11.4 Å². The van der Waals surface area contributed by atoms with Crippen LogP contribution < -0.4 is 16.0 Å². The minimum Gasteiger partial charge on any atom is -0.367 e. The number of nitrogens with zero attached hydrogens (tertiary/aromatic N) is 2. The minimum absolute atomic E-state index is 0.0958. The molecule has 1 aromatic carbocycles. The summed E-state index contributed by atoms with van der Waals surface area (Å²) < 4.78 is 0. The highest BCUT2D eigenvalue weighted by Gasteiger charge is 2.20. The van der Waals surface area contributed by atoms with E-state index in [-0.39, 0.29) is 5.91 Å². The van der Waals surface area contributed by atoms with Crippen LogP contribution in [-0.4, -0.2) is 49.6 Å². The number of carbonyl (C=O) groups excluding carboxylic acids is 1. The molecule has 3 N–H and O–H groups in total. The van der Waals surface area contributed by atoms with Crippen molar-refractivity contribution >= 4 is 17.3 Å². The summed E-state index contributed by atoms with van der Waals surface area (Å²) in [6.07, 6.45) is 1.62. The molecule has 5 heteroatoms. The smallest absolute Gasteiger partial charge is 0.241 e. The fraction of sp³-hybridized carbons (Fsp3) is 0.588. The van der Waals surface area contributed by atoms with Gasteiger partial charge in [0.25, 0.3) is 0 Å². The first-order valence-electron chi connectivity index (χ1n) is 8.28. The van der Waals surface area contributed by atoms with Crippen LogP contribution in [0.15, 0.2) is 24.3 Å². The van der Waals surface area contributed by atoms with E-state index in [0.29, 0.717) is 6.42 Å². The van der Waals surface area contributed by atoms with Crippen LogP contribution in [0.2, 0.25) is 0 Å². The number of carbonyl (C=O) groups is 1. The number of nitrogens with two attached hydrogens (primary N) is 1. The first kappa shape index (κ1) is 16.8. The maximum absolute atomic E-state index is 12.2. The van der Waals surface area contributed by atoms with Gasteiger partial charge in [0.15, 0.2) is 0 Å². The molecule has 5 nitrogen and oxygen atoms in total. The van der Waals surface area contributed by atoms with Crippen molar-refractivity contribution in [3.8, 4) is 0 Å². The molecule has 1 atom stereocenters. The number of piperazine rings is 1. The Morgan fingerprint density at radius 1 is 1.23 bits per heavy atom. The lowest BCUT2D eigenvalue weighted by atomic mass is 10.1. The van der Waals surface area contributed by atoms with Gasteiger partial charge in [-0.1, -0.05) is 32.4 Å². The lowest BCUT2D eigenvalue weighted by molar-refractivity contribution is -0.117. The van der Waals surface area contributed by atoms with Gasteiger partial charge in [-0.05, 0) is 25.1 Å². The van der Waals surface area contributed by atoms with Gasteiger partial charge in [0.2, 0.25) is 5.91 Å². The molecule has 0 saturated carbocycles. The molecule has 1 aliphatic rings. The van der Waals surface area contributed by atoms with Crippen molar-refractivity contribution in [2.24, 2.45) is 5.73 Å². The molecule has 1 aromatic rings. The number of para-hydroxylation sites is 2. The Hall–Kier alpha value is -1.59. The SMILES string of the molecule is CCCC(N)C(=O)Nc1ccccc1N1CCN(CC)CC1. The summed E-state index contributed by atoms with van der Waals surface area (Å²) >= 11 is 0. The Bertz CT molecular complexity index is 483. The highest BCUT2D eigenvalue weighted by atomic mass is 16.2. The molecule has 0 aromatic heterocycles. The van der Waals surface area contributed by atoms with Crippen LogP contribution >= 0.6 is 0 Å². The molecule has 122 valence electrons. The number of hydrogen-bond donors (Lipinski definition) is 2. The Kier molecular flexibility index (Phi) is 6.21. The summed E-state index contributed by atoms with van der Waals surface area (Å²) in [6.45, 7) is 9.43. The normalized spacial score (nSPS) is 17.3. The van der Waals surface area contributed by atoms with Gasteiger partial charge in [-0.2, -0.15) is 0 Å². The van der Waals surface area contributed by atoms with Gasteiger partial charge in [-0.15, -0.1) is 0 Å². The predicted molar refractivity (Wildman–Crippen MR) is 92.3 cm³/mol. The summed E-state index contributed by atoms with van der Waals surface area (Å²) in [5.74, 6) is -0.0958. The summed E-state index contributed by atoms with van der Waals surface area (Å²) in [6, 6.07) is 7.56. The van der Waals surface area contributed by atoms with Gasteiger partial charge in [-0.25, -0.2) is 0 Å². The van der Waals surface area contributed by atoms with Crippen molar-refractivity contribution in [1.82, 2.24) is 4.90 Å². The molecular formula is C17H28N4O. The highest BCUT2D eigenvalue weighted by Crippen LogP contribution is 2.26. The maximum atomic E-state index is 12.2. The largest absolute Gasteiger partial charge is 0.367 e. The second kappa shape index (κ2) is 8.15. The van der Waals surface area contributed by atoms with Gasteiger partial charge >= 0.3 is 0 Å². The van der Waals surface area contributed by atoms with E-state index in [0.717, 1.165) is 50.5 Å². The number of anilines is 2. The van der Waals surface area contributed by atoms with Gasteiger partial charge < -0.3 is 20.9 Å². The van der Waals surface area contributed by atoms with Crippen molar-refractivity contribution in [1.29, 1.82) is 0 Å². The second-order valence-electron chi connectivity index (χ2n) is 5.82. The van der Waals surface area contributed by atoms with Crippen molar-refractivity contribution in [2.75, 3.05) is 42.9 Å². The fourth-order valence-corrected chi connectivity index (χ4v) is 2.83. The average molecular weight is 304 g/mol. The monoisotopic (exact) mass is 304 g/mol. The molecule has 1 heterocycles. The molecule has 0 spiro atoms. The molecule has 1 amide bonds. The zero-order valence-corrected chi connectivity index (χ0v) is 13.7. The molecule has 0 bridgehead atoms. The highest BCUT2D eigenvalue weighted by molar-refractivity contribution is 5.97. The van der Waals surface area contributed by atoms with Crippen molar-refractivity contribution in [3.05, 3.63) is 24.3 Å². The van der Waals surface area contributed by atoms with Crippen LogP contribution in [0.1, 0.15) is 26.7 Å². The summed E-state index contributed by atoms with van der Waals surface area (Å²) in [5.41, 5.74) is 7.87. The fourth-order valence-electron chi connectivity index (χ4n) is 2.83. The van der Waals surface area contributed by atoms with E-state index < -0.39 is 6.04 Å². The quantitative estimate of drug-likeness (QED) is 0.842. The van der Waals surface area contributed by atoms with E-state index in [2.05, 4.69) is 28.1 Å². The minimum atomic E-state index is -0.435. The summed E-state index contributed by atoms with van der Waals surface area (Å²) in [5, 5.41) is 3.00. The number of benzene rings is 1. The molecule has 1 aliphatic heterocycles. The third kappa shape index (κ3) is 4.21. The average Bonchev–Trinajstić information content (AvgIpc) is 2.55. The zero-order chi connectivity index (χ0) is 15.9. The first-order chi connectivity index (χ1) is 10.7. The molecule has 1 unspecified atom stereocenters. The summed E-state index contributed by atoms with van der Waals surface area (Å²) in [4.78, 5) is 17.0. The molecule has 0 radical (unpaired) electrons. The third-order valence-corrected chi connectivity index (χ3v) is 4.26. The van der Waals surface area contributed by atoms with E-state index in [1.165, 1.54) is 0 Å². The molecule has 22 heavy (non-hydrogen) atoms. The number of rotatable bonds is 6. The number of likely N-dealkylation sites (N-methyl/N-ethyl adjacent to an activating group) is 1. The first-order valence-corrected chi connectivity index (χ1v) is 8.28. The Morgan fingerprint density at radius 3 is 2.55 bits per heavy atom.